The average molecular weight is 837 g/mol. The van der Waals surface area contributed by atoms with Crippen LogP contribution in [0.1, 0.15) is 110 Å². The lowest BCUT2D eigenvalue weighted by Crippen LogP contribution is -2.60. The Labute approximate surface area is 361 Å². The molecule has 2 aromatic rings. The number of nitrogens with one attached hydrogen (secondary N) is 1. The molecule has 60 heavy (non-hydrogen) atoms. The van der Waals surface area contributed by atoms with Crippen LogP contribution in [0.3, 0.4) is 0 Å². The lowest BCUT2D eigenvalue weighted by molar-refractivity contribution is -0.138. The Balaban J connectivity index is 0.000000149. The number of fused-ring (bicyclic) bond motifs is 10. The molecule has 0 aromatic heterocycles. The van der Waals surface area contributed by atoms with E-state index in [4.69, 9.17) is 5.73 Å². The van der Waals surface area contributed by atoms with E-state index in [0.717, 1.165) is 62.7 Å². The van der Waals surface area contributed by atoms with E-state index in [-0.39, 0.29) is 40.1 Å². The van der Waals surface area contributed by atoms with Crippen molar-refractivity contribution in [3.8, 4) is 0 Å². The first-order valence-electron chi connectivity index (χ1n) is 23.2. The Morgan fingerprint density at radius 2 is 1.07 bits per heavy atom. The predicted octanol–water partition coefficient (Wildman–Crippen LogP) is 8.92. The number of benzene rings is 2. The van der Waals surface area contributed by atoms with Crippen LogP contribution in [0.2, 0.25) is 0 Å². The summed E-state index contributed by atoms with van der Waals surface area (Å²) in [5.74, 6) is 4.32. The molecular formula is C51H72N4O4S. The number of rotatable bonds is 3. The van der Waals surface area contributed by atoms with Gasteiger partial charge < -0.3 is 15.5 Å². The highest BCUT2D eigenvalue weighted by atomic mass is 32.2. The smallest absolute Gasteiger partial charge is 0.246 e. The van der Waals surface area contributed by atoms with Crippen molar-refractivity contribution in [1.29, 1.82) is 0 Å². The molecule has 6 fully saturated rings. The van der Waals surface area contributed by atoms with Crippen molar-refractivity contribution in [1.82, 2.24) is 14.5 Å². The van der Waals surface area contributed by atoms with Crippen molar-refractivity contribution in [3.63, 3.8) is 0 Å². The Hall–Kier alpha value is -3.27. The van der Waals surface area contributed by atoms with Gasteiger partial charge in [-0.05, 0) is 155 Å². The Kier molecular flexibility index (Phi) is 11.7. The van der Waals surface area contributed by atoms with Crippen molar-refractivity contribution >= 4 is 21.8 Å². The topological polar surface area (TPSA) is 113 Å². The van der Waals surface area contributed by atoms with Crippen molar-refractivity contribution in [2.45, 2.75) is 141 Å². The average Bonchev–Trinajstić information content (AvgIpc) is 3.73. The molecule has 6 saturated carbocycles. The third kappa shape index (κ3) is 7.24. The van der Waals surface area contributed by atoms with E-state index in [0.29, 0.717) is 40.1 Å². The molecule has 0 spiro atoms. The highest BCUT2D eigenvalue weighted by Gasteiger charge is 2.62. The Bertz CT molecular complexity index is 2080. The first kappa shape index (κ1) is 43.4. The number of hydrogen-bond donors (Lipinski definition) is 2. The number of nitrogens with zero attached hydrogens (tertiary/aromatic N) is 2. The van der Waals surface area contributed by atoms with E-state index in [1.807, 2.05) is 54.2 Å². The van der Waals surface area contributed by atoms with Crippen LogP contribution in [0, 0.1) is 64.1 Å². The van der Waals surface area contributed by atoms with Gasteiger partial charge in [0.15, 0.2) is 0 Å². The van der Waals surface area contributed by atoms with Gasteiger partial charge in [0, 0.05) is 49.1 Å². The standard InChI is InChI=1S/C25H34N2O3S.C19H30N2O.C7H8/c1-24-15-13-20-18(9-12-22-25(20,2)16-14-23(28)27(22)3)19(24)10-11-21(24)26-31(29,30)17-7-5-4-6-8-17;1-18-10-8-14-12(13(18)5-6-15(18)20)4-7-16-19(14,2)11-9-17(22)21(16)3;1-7-5-3-2-4-6-7/h4-8,14,16,18-22,26H,9-13,15H2,1-3H3;9,11-16H,4-8,10,20H2,1-3H3;2-6H,1H3/t18-,19-,20-,21-,22+,24-,25+;12-,13-,14-,15-,16+,18-,19+;/m00./s1. The molecule has 0 saturated heterocycles. The zero-order valence-electron chi connectivity index (χ0n) is 37.4. The Morgan fingerprint density at radius 3 is 1.57 bits per heavy atom. The van der Waals surface area contributed by atoms with Gasteiger partial charge in [-0.1, -0.05) is 93.9 Å². The summed E-state index contributed by atoms with van der Waals surface area (Å²) in [5.41, 5.74) is 8.35. The highest BCUT2D eigenvalue weighted by molar-refractivity contribution is 7.89. The van der Waals surface area contributed by atoms with Crippen molar-refractivity contribution in [2.24, 2.45) is 62.9 Å². The zero-order valence-corrected chi connectivity index (χ0v) is 38.2. The summed E-state index contributed by atoms with van der Waals surface area (Å²) in [4.78, 5) is 28.6. The summed E-state index contributed by atoms with van der Waals surface area (Å²) in [6, 6.07) is 20.1. The van der Waals surface area contributed by atoms with E-state index < -0.39 is 10.0 Å². The maximum absolute atomic E-state index is 13.0. The number of aryl methyl sites for hydroxylation is 1. The SMILES string of the molecule is CN1C(=O)C=C[C@]2(C)[C@H]3CC[C@]4(C)[C@@H](N)CC[C@H]4[C@@H]3CC[C@@H]12.CN1C(=O)C=C[C@]2(C)[C@H]3CC[C@]4(C)[C@@H](NS(=O)(=O)c5ccccc5)CC[C@H]4[C@@H]3CC[C@@H]12.Cc1ccccc1. The predicted molar refractivity (Wildman–Crippen MR) is 240 cm³/mol. The molecule has 2 heterocycles. The second-order valence-corrected chi connectivity index (χ2v) is 22.9. The van der Waals surface area contributed by atoms with E-state index in [1.54, 1.807) is 30.3 Å². The number of hydrogen-bond acceptors (Lipinski definition) is 5. The molecule has 8 aliphatic rings. The molecule has 2 aromatic carbocycles. The molecule has 0 unspecified atom stereocenters. The molecule has 2 aliphatic heterocycles. The van der Waals surface area contributed by atoms with E-state index in [1.165, 1.54) is 37.7 Å². The first-order valence-corrected chi connectivity index (χ1v) is 24.7. The number of nitrogens with two attached hydrogens (primary N) is 1. The molecule has 8 nitrogen and oxygen atoms in total. The summed E-state index contributed by atoms with van der Waals surface area (Å²) >= 11 is 0. The third-order valence-corrected chi connectivity index (χ3v) is 20.1. The normalized spacial score (nSPS) is 42.5. The van der Waals surface area contributed by atoms with E-state index in [2.05, 4.69) is 63.6 Å². The minimum absolute atomic E-state index is 0.00762. The number of carbonyl (C=O) groups is 2. The van der Waals surface area contributed by atoms with Crippen LogP contribution in [0.4, 0.5) is 0 Å². The summed E-state index contributed by atoms with van der Waals surface area (Å²) in [6.45, 7) is 11.6. The minimum Gasteiger partial charge on any atom is -0.338 e. The zero-order chi connectivity index (χ0) is 42.8. The Morgan fingerprint density at radius 1 is 0.600 bits per heavy atom. The second kappa shape index (κ2) is 16.1. The largest absolute Gasteiger partial charge is 0.338 e. The van der Waals surface area contributed by atoms with Crippen molar-refractivity contribution in [3.05, 3.63) is 90.5 Å². The fourth-order valence-corrected chi connectivity index (χ4v) is 16.5. The van der Waals surface area contributed by atoms with Crippen LogP contribution in [0.25, 0.3) is 0 Å². The van der Waals surface area contributed by atoms with Gasteiger partial charge in [0.2, 0.25) is 21.8 Å². The fraction of sp³-hybridized carbons (Fsp3) is 0.647. The molecule has 3 N–H and O–H groups in total. The number of sulfonamides is 1. The number of likely N-dealkylation sites (N-methyl/N-ethyl adjacent to an activating group) is 2. The van der Waals surface area contributed by atoms with Gasteiger partial charge in [-0.25, -0.2) is 13.1 Å². The molecular weight excluding hydrogens is 765 g/mol. The van der Waals surface area contributed by atoms with Gasteiger partial charge in [0.1, 0.15) is 0 Å². The maximum atomic E-state index is 13.0. The second-order valence-electron chi connectivity index (χ2n) is 21.2. The van der Waals surface area contributed by atoms with Crippen LogP contribution in [-0.4, -0.2) is 68.3 Å². The molecule has 14 atom stereocenters. The number of carbonyl (C=O) groups excluding carboxylic acids is 2. The molecule has 6 aliphatic carbocycles. The molecule has 0 radical (unpaired) electrons. The molecule has 326 valence electrons. The van der Waals surface area contributed by atoms with Crippen LogP contribution in [0.15, 0.2) is 89.9 Å². The summed E-state index contributed by atoms with van der Waals surface area (Å²) in [6.07, 6.45) is 21.9. The van der Waals surface area contributed by atoms with Crippen LogP contribution in [0.5, 0.6) is 0 Å². The van der Waals surface area contributed by atoms with Gasteiger partial charge in [-0.3, -0.25) is 9.59 Å². The third-order valence-electron chi connectivity index (χ3n) is 18.6. The highest BCUT2D eigenvalue weighted by Crippen LogP contribution is 2.65. The van der Waals surface area contributed by atoms with Crippen LogP contribution in [-0.2, 0) is 19.6 Å². The summed E-state index contributed by atoms with van der Waals surface area (Å²) < 4.78 is 29.2. The van der Waals surface area contributed by atoms with Crippen molar-refractivity contribution < 1.29 is 18.0 Å². The lowest BCUT2D eigenvalue weighted by Gasteiger charge is -2.60. The molecule has 9 heteroatoms. The van der Waals surface area contributed by atoms with Gasteiger partial charge in [-0.2, -0.15) is 0 Å². The van der Waals surface area contributed by atoms with Crippen molar-refractivity contribution in [2.75, 3.05) is 14.1 Å². The summed E-state index contributed by atoms with van der Waals surface area (Å²) in [7, 11) is 0.432. The molecule has 0 bridgehead atoms. The van der Waals surface area contributed by atoms with Gasteiger partial charge >= 0.3 is 0 Å². The van der Waals surface area contributed by atoms with Gasteiger partial charge in [0.05, 0.1) is 4.90 Å². The van der Waals surface area contributed by atoms with Gasteiger partial charge in [0.25, 0.3) is 0 Å². The van der Waals surface area contributed by atoms with E-state index >= 15 is 0 Å². The minimum atomic E-state index is -3.51. The molecule has 10 rings (SSSR count). The van der Waals surface area contributed by atoms with Crippen LogP contribution >= 0.6 is 0 Å². The summed E-state index contributed by atoms with van der Waals surface area (Å²) in [5, 5.41) is 0. The maximum Gasteiger partial charge on any atom is 0.246 e. The quantitative estimate of drug-likeness (QED) is 0.321. The number of amides is 2. The lowest BCUT2D eigenvalue weighted by atomic mass is 9.48. The van der Waals surface area contributed by atoms with Crippen LogP contribution < -0.4 is 10.5 Å². The first-order chi connectivity index (χ1) is 28.4. The fourth-order valence-electron chi connectivity index (χ4n) is 15.1. The molecule has 2 amide bonds. The van der Waals surface area contributed by atoms with Gasteiger partial charge in [-0.15, -0.1) is 0 Å². The van der Waals surface area contributed by atoms with E-state index in [9.17, 15) is 18.0 Å². The monoisotopic (exact) mass is 837 g/mol.